The van der Waals surface area contributed by atoms with E-state index in [0.717, 1.165) is 16.8 Å². The summed E-state index contributed by atoms with van der Waals surface area (Å²) in [5.74, 6) is -0.322. The van der Waals surface area contributed by atoms with Crippen LogP contribution in [0.3, 0.4) is 0 Å². The molecule has 0 aliphatic carbocycles. The average Bonchev–Trinajstić information content (AvgIpc) is 3.06. The Balaban J connectivity index is 1.84. The van der Waals surface area contributed by atoms with E-state index in [2.05, 4.69) is 19.7 Å². The Kier molecular flexibility index (Phi) is 4.70. The quantitative estimate of drug-likeness (QED) is 0.515. The molecule has 0 aliphatic rings. The third kappa shape index (κ3) is 3.60. The molecule has 9 nitrogen and oxygen atoms in total. The van der Waals surface area contributed by atoms with Crippen LogP contribution in [0.1, 0.15) is 11.1 Å². The molecule has 0 bridgehead atoms. The fourth-order valence-electron chi connectivity index (χ4n) is 2.90. The van der Waals surface area contributed by atoms with E-state index in [1.54, 1.807) is 16.7 Å². The number of aromatic nitrogens is 4. The summed E-state index contributed by atoms with van der Waals surface area (Å²) in [5, 5.41) is 0. The molecule has 0 radical (unpaired) electrons. The molecule has 0 atom stereocenters. The van der Waals surface area contributed by atoms with Crippen molar-refractivity contribution in [1.29, 1.82) is 0 Å². The van der Waals surface area contributed by atoms with E-state index in [4.69, 9.17) is 5.73 Å². The number of sulfonamides is 1. The highest BCUT2D eigenvalue weighted by molar-refractivity contribution is 7.92. The lowest BCUT2D eigenvalue weighted by atomic mass is 10.2. The van der Waals surface area contributed by atoms with Crippen LogP contribution >= 0.6 is 0 Å². The van der Waals surface area contributed by atoms with Crippen molar-refractivity contribution in [2.24, 2.45) is 0 Å². The van der Waals surface area contributed by atoms with Gasteiger partial charge in [0.25, 0.3) is 10.0 Å². The van der Waals surface area contributed by atoms with Crippen LogP contribution in [-0.2, 0) is 10.0 Å². The minimum Gasteiger partial charge on any atom is -0.394 e. The molecule has 152 valence electrons. The lowest BCUT2D eigenvalue weighted by Crippen LogP contribution is -2.17. The first-order valence-corrected chi connectivity index (χ1v) is 10.4. The van der Waals surface area contributed by atoms with Gasteiger partial charge in [-0.3, -0.25) is 9.29 Å². The summed E-state index contributed by atoms with van der Waals surface area (Å²) in [4.78, 5) is 24.2. The first-order chi connectivity index (χ1) is 14.2. The van der Waals surface area contributed by atoms with E-state index in [1.807, 2.05) is 38.1 Å². The second-order valence-electron chi connectivity index (χ2n) is 6.81. The van der Waals surface area contributed by atoms with Gasteiger partial charge in [0.1, 0.15) is 17.5 Å². The van der Waals surface area contributed by atoms with E-state index in [0.29, 0.717) is 0 Å². The molecule has 0 fully saturated rings. The lowest BCUT2D eigenvalue weighted by molar-refractivity contribution is 0.601. The van der Waals surface area contributed by atoms with Gasteiger partial charge < -0.3 is 5.73 Å². The Morgan fingerprint density at radius 3 is 2.17 bits per heavy atom. The van der Waals surface area contributed by atoms with Gasteiger partial charge in [0.05, 0.1) is 4.90 Å². The van der Waals surface area contributed by atoms with Crippen LogP contribution in [0, 0.1) is 13.8 Å². The van der Waals surface area contributed by atoms with Gasteiger partial charge in [0.15, 0.2) is 11.5 Å². The molecule has 0 aliphatic heterocycles. The molecule has 0 saturated carbocycles. The smallest absolute Gasteiger partial charge is 0.371 e. The Morgan fingerprint density at radius 2 is 1.53 bits per heavy atom. The molecule has 0 amide bonds. The highest BCUT2D eigenvalue weighted by atomic mass is 32.2. The molecular weight excluding hydrogens is 404 g/mol. The molecule has 0 saturated heterocycles. The molecular formula is C20H18N6O3S. The first kappa shape index (κ1) is 19.5. The van der Waals surface area contributed by atoms with Gasteiger partial charge >= 0.3 is 5.69 Å². The maximum Gasteiger partial charge on any atom is 0.371 e. The van der Waals surface area contributed by atoms with Crippen molar-refractivity contribution in [1.82, 2.24) is 19.5 Å². The number of anilines is 2. The Morgan fingerprint density at radius 1 is 0.933 bits per heavy atom. The van der Waals surface area contributed by atoms with E-state index >= 15 is 0 Å². The monoisotopic (exact) mass is 422 g/mol. The minimum absolute atomic E-state index is 0.0163. The summed E-state index contributed by atoms with van der Waals surface area (Å²) in [6, 6.07) is 13.7. The zero-order chi connectivity index (χ0) is 21.5. The molecule has 10 heteroatoms. The van der Waals surface area contributed by atoms with Crippen molar-refractivity contribution >= 4 is 32.7 Å². The molecule has 0 spiro atoms. The third-order valence-electron chi connectivity index (χ3n) is 4.54. The van der Waals surface area contributed by atoms with E-state index in [-0.39, 0.29) is 27.6 Å². The van der Waals surface area contributed by atoms with Crippen molar-refractivity contribution in [2.45, 2.75) is 18.7 Å². The number of imidazole rings is 1. The number of nitrogens with one attached hydrogen (secondary N) is 1. The van der Waals surface area contributed by atoms with E-state index in [1.165, 1.54) is 18.5 Å². The summed E-state index contributed by atoms with van der Waals surface area (Å²) < 4.78 is 29.3. The lowest BCUT2D eigenvalue weighted by Gasteiger charge is -2.07. The van der Waals surface area contributed by atoms with Gasteiger partial charge in [-0.25, -0.2) is 18.2 Å². The Labute approximate surface area is 172 Å². The van der Waals surface area contributed by atoms with E-state index < -0.39 is 15.7 Å². The normalized spacial score (nSPS) is 11.5. The molecule has 30 heavy (non-hydrogen) atoms. The second kappa shape index (κ2) is 7.23. The summed E-state index contributed by atoms with van der Waals surface area (Å²) in [6.07, 6.45) is 1.47. The summed E-state index contributed by atoms with van der Waals surface area (Å²) in [5.41, 5.74) is 8.19. The molecule has 0 unspecified atom stereocenters. The average molecular weight is 422 g/mol. The maximum atomic E-state index is 12.7. The second-order valence-corrected chi connectivity index (χ2v) is 8.49. The standard InChI is InChI=1S/C20H18N6O3S/c1-12-3-7-14(8-4-12)26-11-22-17-16(21)18(23-20(27)24-19(17)26)25-30(28,29)15-9-5-13(2)6-10-15/h3-11H,1-2H3,(H3,21,23,24,25,27). The summed E-state index contributed by atoms with van der Waals surface area (Å²) >= 11 is 0. The topological polar surface area (TPSA) is 133 Å². The van der Waals surface area contributed by atoms with Crippen LogP contribution in [0.2, 0.25) is 0 Å². The Bertz CT molecular complexity index is 1410. The molecule has 3 N–H and O–H groups in total. The zero-order valence-corrected chi connectivity index (χ0v) is 17.0. The van der Waals surface area contributed by atoms with Crippen molar-refractivity contribution < 1.29 is 8.42 Å². The summed E-state index contributed by atoms with van der Waals surface area (Å²) in [7, 11) is -4.01. The molecule has 2 heterocycles. The van der Waals surface area contributed by atoms with Gasteiger partial charge in [-0.2, -0.15) is 9.97 Å². The highest BCUT2D eigenvalue weighted by Gasteiger charge is 2.19. The molecule has 4 aromatic rings. The number of fused-ring (bicyclic) bond motifs is 1. The van der Waals surface area contributed by atoms with Crippen LogP contribution in [-0.4, -0.2) is 27.9 Å². The van der Waals surface area contributed by atoms with Crippen LogP contribution < -0.4 is 16.1 Å². The molecule has 4 rings (SSSR count). The van der Waals surface area contributed by atoms with Gasteiger partial charge in [0, 0.05) is 5.69 Å². The van der Waals surface area contributed by atoms with Gasteiger partial charge in [-0.05, 0) is 38.1 Å². The van der Waals surface area contributed by atoms with Crippen LogP contribution in [0.5, 0.6) is 0 Å². The van der Waals surface area contributed by atoms with E-state index in [9.17, 15) is 13.2 Å². The van der Waals surface area contributed by atoms with Crippen molar-refractivity contribution in [3.05, 3.63) is 76.5 Å². The zero-order valence-electron chi connectivity index (χ0n) is 16.2. The van der Waals surface area contributed by atoms with Crippen LogP contribution in [0.25, 0.3) is 16.9 Å². The minimum atomic E-state index is -4.01. The fraction of sp³-hybridized carbons (Fsp3) is 0.100. The van der Waals surface area contributed by atoms with Gasteiger partial charge in [-0.1, -0.05) is 35.4 Å². The van der Waals surface area contributed by atoms with Crippen LogP contribution in [0.4, 0.5) is 11.5 Å². The third-order valence-corrected chi connectivity index (χ3v) is 5.89. The maximum absolute atomic E-state index is 12.7. The number of benzene rings is 2. The first-order valence-electron chi connectivity index (χ1n) is 8.96. The predicted molar refractivity (Wildman–Crippen MR) is 114 cm³/mol. The van der Waals surface area contributed by atoms with Crippen molar-refractivity contribution in [3.63, 3.8) is 0 Å². The number of nitrogens with two attached hydrogens (primary N) is 1. The molecule has 2 aromatic heterocycles. The van der Waals surface area contributed by atoms with Crippen LogP contribution in [0.15, 0.2) is 64.5 Å². The number of rotatable bonds is 4. The van der Waals surface area contributed by atoms with Gasteiger partial charge in [0.2, 0.25) is 0 Å². The highest BCUT2D eigenvalue weighted by Crippen LogP contribution is 2.25. The largest absolute Gasteiger partial charge is 0.394 e. The van der Waals surface area contributed by atoms with Crippen molar-refractivity contribution in [3.8, 4) is 5.69 Å². The Hall–Kier alpha value is -3.79. The SMILES string of the molecule is Cc1ccc(-n2cnc3c(N)c(NS(=O)(=O)c4ccc(C)cc4)nc(=O)nc32)cc1. The number of nitrogens with zero attached hydrogens (tertiary/aromatic N) is 4. The summed E-state index contributed by atoms with van der Waals surface area (Å²) in [6.45, 7) is 3.80. The van der Waals surface area contributed by atoms with Crippen molar-refractivity contribution in [2.75, 3.05) is 10.5 Å². The molecule has 2 aromatic carbocycles. The number of nitrogen functional groups attached to an aromatic ring is 1. The predicted octanol–water partition coefficient (Wildman–Crippen LogP) is 2.18. The number of hydrogen-bond donors (Lipinski definition) is 2. The fourth-order valence-corrected chi connectivity index (χ4v) is 3.92. The number of aryl methyl sites for hydroxylation is 2. The number of hydrogen-bond acceptors (Lipinski definition) is 7. The van der Waals surface area contributed by atoms with Gasteiger partial charge in [-0.15, -0.1) is 0 Å².